The number of hydrogen-bond acceptors (Lipinski definition) is 4. The average Bonchev–Trinajstić information content (AvgIpc) is 3.11. The number of aromatic amines is 1. The number of fused-ring (bicyclic) bond motifs is 3. The number of nitrogens with zero attached hydrogens (tertiary/aromatic N) is 3. The second-order valence-electron chi connectivity index (χ2n) is 7.70. The molecule has 0 spiro atoms. The van der Waals surface area contributed by atoms with Gasteiger partial charge in [-0.2, -0.15) is 5.26 Å². The quantitative estimate of drug-likeness (QED) is 0.727. The number of nitriles is 1. The first-order valence-corrected chi connectivity index (χ1v) is 9.98. The number of H-pyrrole nitrogens is 1. The van der Waals surface area contributed by atoms with E-state index in [1.165, 1.54) is 43.5 Å². The minimum Gasteiger partial charge on any atom is -0.371 e. The van der Waals surface area contributed by atoms with Crippen molar-refractivity contribution >= 4 is 17.1 Å². The van der Waals surface area contributed by atoms with E-state index < -0.39 is 0 Å². The Morgan fingerprint density at radius 1 is 1.11 bits per heavy atom. The fourth-order valence-electron chi connectivity index (χ4n) is 4.28. The van der Waals surface area contributed by atoms with Crippen molar-refractivity contribution < 1.29 is 0 Å². The Hall–Kier alpha value is -3.10. The van der Waals surface area contributed by atoms with Gasteiger partial charge >= 0.3 is 0 Å². The number of hydrogen-bond donors (Lipinski definition) is 2. The minimum absolute atomic E-state index is 0.599. The molecule has 5 nitrogen and oxygen atoms in total. The fourth-order valence-corrected chi connectivity index (χ4v) is 4.28. The van der Waals surface area contributed by atoms with Crippen LogP contribution in [0.4, 0.5) is 0 Å². The number of likely N-dealkylation sites (tertiary alicyclic amines) is 1. The van der Waals surface area contributed by atoms with Crippen LogP contribution in [0.5, 0.6) is 0 Å². The summed E-state index contributed by atoms with van der Waals surface area (Å²) in [6.45, 7) is 4.05. The van der Waals surface area contributed by atoms with E-state index in [0.29, 0.717) is 12.2 Å². The summed E-state index contributed by atoms with van der Waals surface area (Å²) in [4.78, 5) is 10.6. The normalized spacial score (nSPS) is 16.9. The van der Waals surface area contributed by atoms with Crippen LogP contribution in [0.3, 0.4) is 0 Å². The first kappa shape index (κ1) is 17.0. The molecule has 2 aliphatic heterocycles. The van der Waals surface area contributed by atoms with E-state index in [1.54, 1.807) is 0 Å². The van der Waals surface area contributed by atoms with Crippen LogP contribution in [0, 0.1) is 11.3 Å². The summed E-state index contributed by atoms with van der Waals surface area (Å²) in [6, 6.07) is 13.2. The molecule has 140 valence electrons. The summed E-state index contributed by atoms with van der Waals surface area (Å²) in [6.07, 6.45) is 7.83. The second kappa shape index (κ2) is 7.14. The summed E-state index contributed by atoms with van der Waals surface area (Å²) in [5.74, 6) is 0. The molecule has 0 bridgehead atoms. The van der Waals surface area contributed by atoms with Crippen LogP contribution >= 0.6 is 0 Å². The zero-order chi connectivity index (χ0) is 18.9. The largest absolute Gasteiger partial charge is 0.371 e. The Kier molecular flexibility index (Phi) is 4.34. The van der Waals surface area contributed by atoms with E-state index in [0.717, 1.165) is 34.4 Å². The van der Waals surface area contributed by atoms with E-state index >= 15 is 0 Å². The predicted octanol–water partition coefficient (Wildman–Crippen LogP) is 4.18. The van der Waals surface area contributed by atoms with Gasteiger partial charge in [-0.25, -0.2) is 4.98 Å². The van der Waals surface area contributed by atoms with Crippen molar-refractivity contribution in [2.75, 3.05) is 13.1 Å². The van der Waals surface area contributed by atoms with Gasteiger partial charge in [-0.15, -0.1) is 0 Å². The Morgan fingerprint density at radius 2 is 2.00 bits per heavy atom. The summed E-state index contributed by atoms with van der Waals surface area (Å²) in [5.41, 5.74) is 7.28. The molecule has 1 fully saturated rings. The number of benzene rings is 1. The van der Waals surface area contributed by atoms with E-state index in [1.807, 2.05) is 12.3 Å². The highest BCUT2D eigenvalue weighted by Crippen LogP contribution is 2.30. The Bertz CT molecular complexity index is 1100. The number of allylic oxidation sites excluding steroid dienone is 1. The Balaban J connectivity index is 1.49. The highest BCUT2D eigenvalue weighted by atomic mass is 15.1. The van der Waals surface area contributed by atoms with E-state index in [9.17, 15) is 5.26 Å². The lowest BCUT2D eigenvalue weighted by Gasteiger charge is -2.26. The van der Waals surface area contributed by atoms with Crippen LogP contribution in [0.2, 0.25) is 0 Å². The Labute approximate surface area is 164 Å². The minimum atomic E-state index is 0.599. The maximum Gasteiger partial charge on any atom is 0.138 e. The molecule has 3 aromatic rings. The molecule has 0 aliphatic carbocycles. The molecule has 0 saturated carbocycles. The monoisotopic (exact) mass is 369 g/mol. The molecule has 2 N–H and O–H groups in total. The zero-order valence-corrected chi connectivity index (χ0v) is 15.8. The highest BCUT2D eigenvalue weighted by Gasteiger charge is 2.17. The second-order valence-corrected chi connectivity index (χ2v) is 7.70. The van der Waals surface area contributed by atoms with Gasteiger partial charge in [0.25, 0.3) is 0 Å². The standard InChI is InChI=1S/C23H23N5/c24-12-19-11-20-21-10-18(13-26-23(21)27-22(20)14-25-19)17-6-4-5-16(9-17)15-28-7-2-1-3-8-28/h4-6,9-11,13,25H,1-3,7-8,14-15H2,(H,26,27). The van der Waals surface area contributed by atoms with Crippen molar-refractivity contribution in [2.24, 2.45) is 0 Å². The molecule has 2 aliphatic rings. The van der Waals surface area contributed by atoms with Crippen LogP contribution in [0.15, 0.2) is 42.2 Å². The molecule has 5 heteroatoms. The van der Waals surface area contributed by atoms with Crippen LogP contribution in [-0.2, 0) is 13.1 Å². The average molecular weight is 369 g/mol. The number of rotatable bonds is 3. The molecule has 0 atom stereocenters. The molecule has 1 saturated heterocycles. The fraction of sp³-hybridized carbons (Fsp3) is 0.304. The Morgan fingerprint density at radius 3 is 2.86 bits per heavy atom. The van der Waals surface area contributed by atoms with Gasteiger partial charge in [-0.1, -0.05) is 24.6 Å². The molecule has 0 unspecified atom stereocenters. The van der Waals surface area contributed by atoms with Crippen molar-refractivity contribution in [3.8, 4) is 17.2 Å². The third-order valence-corrected chi connectivity index (χ3v) is 5.75. The van der Waals surface area contributed by atoms with Gasteiger partial charge in [0.15, 0.2) is 0 Å². The van der Waals surface area contributed by atoms with Gasteiger partial charge in [0.05, 0.1) is 6.54 Å². The van der Waals surface area contributed by atoms with E-state index in [4.69, 9.17) is 0 Å². The van der Waals surface area contributed by atoms with Gasteiger partial charge in [0, 0.05) is 34.9 Å². The number of aromatic nitrogens is 2. The SMILES string of the molecule is N#CC1=Cc2c([nH]c3ncc(-c4cccc(CN5CCCCC5)c4)cc23)CN1. The lowest BCUT2D eigenvalue weighted by Crippen LogP contribution is -2.29. The molecule has 0 amide bonds. The van der Waals surface area contributed by atoms with E-state index in [2.05, 4.69) is 56.6 Å². The van der Waals surface area contributed by atoms with Crippen molar-refractivity contribution in [3.05, 3.63) is 59.0 Å². The third kappa shape index (κ3) is 3.17. The van der Waals surface area contributed by atoms with Crippen molar-refractivity contribution in [1.29, 1.82) is 5.26 Å². The smallest absolute Gasteiger partial charge is 0.138 e. The van der Waals surface area contributed by atoms with E-state index in [-0.39, 0.29) is 0 Å². The van der Waals surface area contributed by atoms with Crippen LogP contribution in [-0.4, -0.2) is 28.0 Å². The summed E-state index contributed by atoms with van der Waals surface area (Å²) < 4.78 is 0. The molecule has 28 heavy (non-hydrogen) atoms. The summed E-state index contributed by atoms with van der Waals surface area (Å²) >= 11 is 0. The number of piperidine rings is 1. The first-order chi connectivity index (χ1) is 13.8. The molecule has 1 aromatic carbocycles. The molecule has 4 heterocycles. The van der Waals surface area contributed by atoms with Crippen LogP contribution < -0.4 is 5.32 Å². The van der Waals surface area contributed by atoms with Gasteiger partial charge in [0.1, 0.15) is 17.4 Å². The highest BCUT2D eigenvalue weighted by molar-refractivity contribution is 5.92. The number of nitrogens with one attached hydrogen (secondary N) is 2. The molecular formula is C23H23N5. The topological polar surface area (TPSA) is 67.7 Å². The van der Waals surface area contributed by atoms with Gasteiger partial charge in [-0.3, -0.25) is 4.90 Å². The van der Waals surface area contributed by atoms with Gasteiger partial charge in [0.2, 0.25) is 0 Å². The van der Waals surface area contributed by atoms with Crippen LogP contribution in [0.1, 0.15) is 36.1 Å². The maximum absolute atomic E-state index is 9.21. The lowest BCUT2D eigenvalue weighted by molar-refractivity contribution is 0.221. The first-order valence-electron chi connectivity index (χ1n) is 9.98. The van der Waals surface area contributed by atoms with Crippen LogP contribution in [0.25, 0.3) is 28.2 Å². The maximum atomic E-state index is 9.21. The zero-order valence-electron chi connectivity index (χ0n) is 15.8. The third-order valence-electron chi connectivity index (χ3n) is 5.75. The predicted molar refractivity (Wildman–Crippen MR) is 111 cm³/mol. The van der Waals surface area contributed by atoms with Crippen molar-refractivity contribution in [1.82, 2.24) is 20.2 Å². The lowest BCUT2D eigenvalue weighted by atomic mass is 10.0. The van der Waals surface area contributed by atoms with Gasteiger partial charge in [-0.05, 0) is 55.3 Å². The molecule has 5 rings (SSSR count). The number of pyridine rings is 1. The van der Waals surface area contributed by atoms with Gasteiger partial charge < -0.3 is 10.3 Å². The van der Waals surface area contributed by atoms with Crippen molar-refractivity contribution in [2.45, 2.75) is 32.4 Å². The summed E-state index contributed by atoms with van der Waals surface area (Å²) in [7, 11) is 0. The van der Waals surface area contributed by atoms with Crippen molar-refractivity contribution in [3.63, 3.8) is 0 Å². The molecular weight excluding hydrogens is 346 g/mol. The molecule has 0 radical (unpaired) electrons. The summed E-state index contributed by atoms with van der Waals surface area (Å²) in [5, 5.41) is 13.4. The molecule has 2 aromatic heterocycles.